The largest absolute Gasteiger partial charge is 0.398 e. The number of hydrogen-bond donors (Lipinski definition) is 3. The molecule has 0 aliphatic heterocycles. The first kappa shape index (κ1) is 12.5. The van der Waals surface area contributed by atoms with Crippen LogP contribution in [0.5, 0.6) is 0 Å². The van der Waals surface area contributed by atoms with Crippen LogP contribution in [0.15, 0.2) is 12.1 Å². The molecular formula is C12H18N2O2. The van der Waals surface area contributed by atoms with Gasteiger partial charge in [0.25, 0.3) is 5.91 Å². The minimum atomic E-state index is -0.255. The molecule has 1 aromatic rings. The van der Waals surface area contributed by atoms with Crippen molar-refractivity contribution in [1.29, 1.82) is 0 Å². The highest BCUT2D eigenvalue weighted by Crippen LogP contribution is 2.17. The highest BCUT2D eigenvalue weighted by atomic mass is 16.3. The third-order valence-electron chi connectivity index (χ3n) is 2.51. The Morgan fingerprint density at radius 2 is 2.06 bits per heavy atom. The molecule has 0 unspecified atom stereocenters. The summed E-state index contributed by atoms with van der Waals surface area (Å²) in [6.07, 6.45) is 0. The molecule has 4 nitrogen and oxygen atoms in total. The zero-order chi connectivity index (χ0) is 12.3. The molecule has 4 N–H and O–H groups in total. The van der Waals surface area contributed by atoms with E-state index < -0.39 is 0 Å². The Morgan fingerprint density at radius 1 is 1.44 bits per heavy atom. The van der Waals surface area contributed by atoms with Gasteiger partial charge < -0.3 is 16.2 Å². The topological polar surface area (TPSA) is 75.3 Å². The number of amides is 1. The minimum Gasteiger partial charge on any atom is -0.398 e. The summed E-state index contributed by atoms with van der Waals surface area (Å²) < 4.78 is 0. The number of benzene rings is 1. The third kappa shape index (κ3) is 2.73. The van der Waals surface area contributed by atoms with Gasteiger partial charge in [-0.1, -0.05) is 6.07 Å². The van der Waals surface area contributed by atoms with E-state index in [-0.39, 0.29) is 18.6 Å². The number of nitrogen functional groups attached to an aromatic ring is 1. The number of nitrogens with one attached hydrogen (secondary N) is 1. The number of carbonyl (C=O) groups excluding carboxylic acids is 1. The van der Waals surface area contributed by atoms with Gasteiger partial charge in [-0.05, 0) is 38.0 Å². The van der Waals surface area contributed by atoms with Crippen LogP contribution in [-0.4, -0.2) is 23.7 Å². The van der Waals surface area contributed by atoms with Gasteiger partial charge in [0.15, 0.2) is 0 Å². The number of hydrogen-bond acceptors (Lipinski definition) is 3. The van der Waals surface area contributed by atoms with Crippen molar-refractivity contribution in [3.8, 4) is 0 Å². The average molecular weight is 222 g/mol. The summed E-state index contributed by atoms with van der Waals surface area (Å²) in [7, 11) is 0. The van der Waals surface area contributed by atoms with Gasteiger partial charge in [0.2, 0.25) is 0 Å². The van der Waals surface area contributed by atoms with Crippen molar-refractivity contribution >= 4 is 11.6 Å². The summed E-state index contributed by atoms with van der Waals surface area (Å²) in [6.45, 7) is 5.43. The number of nitrogens with two attached hydrogens (primary N) is 1. The highest BCUT2D eigenvalue weighted by molar-refractivity contribution is 5.96. The third-order valence-corrected chi connectivity index (χ3v) is 2.51. The minimum absolute atomic E-state index is 0.0773. The van der Waals surface area contributed by atoms with E-state index in [2.05, 4.69) is 5.32 Å². The Hall–Kier alpha value is -1.55. The molecule has 0 radical (unpaired) electrons. The van der Waals surface area contributed by atoms with Crippen LogP contribution in [0.4, 0.5) is 5.69 Å². The normalized spacial score (nSPS) is 12.2. The van der Waals surface area contributed by atoms with Crippen LogP contribution in [0.3, 0.4) is 0 Å². The number of anilines is 1. The number of aryl methyl sites for hydroxylation is 2. The Bertz CT molecular complexity index is 402. The Balaban J connectivity index is 2.96. The summed E-state index contributed by atoms with van der Waals surface area (Å²) in [5, 5.41) is 11.5. The van der Waals surface area contributed by atoms with Crippen molar-refractivity contribution in [1.82, 2.24) is 5.32 Å². The molecule has 1 aromatic carbocycles. The van der Waals surface area contributed by atoms with E-state index >= 15 is 0 Å². The molecule has 4 heteroatoms. The molecule has 0 saturated heterocycles. The van der Waals surface area contributed by atoms with Gasteiger partial charge in [-0.15, -0.1) is 0 Å². The second-order valence-corrected chi connectivity index (χ2v) is 4.08. The summed E-state index contributed by atoms with van der Waals surface area (Å²) >= 11 is 0. The van der Waals surface area contributed by atoms with Crippen molar-refractivity contribution in [2.24, 2.45) is 0 Å². The van der Waals surface area contributed by atoms with Gasteiger partial charge in [-0.2, -0.15) is 0 Å². The molecule has 0 aliphatic carbocycles. The number of carbonyl (C=O) groups is 1. The van der Waals surface area contributed by atoms with Crippen molar-refractivity contribution in [3.63, 3.8) is 0 Å². The van der Waals surface area contributed by atoms with E-state index in [0.717, 1.165) is 11.1 Å². The molecule has 0 heterocycles. The zero-order valence-electron chi connectivity index (χ0n) is 9.87. The lowest BCUT2D eigenvalue weighted by Gasteiger charge is -2.13. The SMILES string of the molecule is Cc1cc(C)c(C(=O)N[C@H](C)CO)cc1N. The van der Waals surface area contributed by atoms with Crippen LogP contribution >= 0.6 is 0 Å². The zero-order valence-corrected chi connectivity index (χ0v) is 9.87. The second kappa shape index (κ2) is 4.99. The van der Waals surface area contributed by atoms with Crippen LogP contribution in [0.25, 0.3) is 0 Å². The summed E-state index contributed by atoms with van der Waals surface area (Å²) in [4.78, 5) is 11.8. The standard InChI is InChI=1S/C12H18N2O2/c1-7-4-8(2)11(13)5-10(7)12(16)14-9(3)6-15/h4-5,9,15H,6,13H2,1-3H3,(H,14,16)/t9-/m1/s1. The lowest BCUT2D eigenvalue weighted by atomic mass is 10.0. The fourth-order valence-corrected chi connectivity index (χ4v) is 1.46. The maximum absolute atomic E-state index is 11.8. The number of aliphatic hydroxyl groups excluding tert-OH is 1. The molecule has 0 fully saturated rings. The van der Waals surface area contributed by atoms with Gasteiger partial charge >= 0.3 is 0 Å². The fourth-order valence-electron chi connectivity index (χ4n) is 1.46. The first-order valence-corrected chi connectivity index (χ1v) is 5.24. The molecular weight excluding hydrogens is 204 g/mol. The van der Waals surface area contributed by atoms with Crippen LogP contribution in [-0.2, 0) is 0 Å². The molecule has 1 atom stereocenters. The average Bonchev–Trinajstić information content (AvgIpc) is 2.23. The summed E-state index contributed by atoms with van der Waals surface area (Å²) in [5.41, 5.74) is 8.77. The smallest absolute Gasteiger partial charge is 0.251 e. The predicted octanol–water partition coefficient (Wildman–Crippen LogP) is 0.996. The molecule has 0 aliphatic rings. The lowest BCUT2D eigenvalue weighted by molar-refractivity contribution is 0.0921. The first-order valence-electron chi connectivity index (χ1n) is 5.24. The lowest BCUT2D eigenvalue weighted by Crippen LogP contribution is -2.35. The predicted molar refractivity (Wildman–Crippen MR) is 64.3 cm³/mol. The van der Waals surface area contributed by atoms with E-state index in [4.69, 9.17) is 10.8 Å². The van der Waals surface area contributed by atoms with E-state index in [1.54, 1.807) is 13.0 Å². The molecule has 0 bridgehead atoms. The maximum atomic E-state index is 11.8. The van der Waals surface area contributed by atoms with Gasteiger partial charge in [-0.3, -0.25) is 4.79 Å². The number of aliphatic hydroxyl groups is 1. The van der Waals surface area contributed by atoms with Gasteiger partial charge in [0.1, 0.15) is 0 Å². The van der Waals surface area contributed by atoms with Crippen molar-refractivity contribution < 1.29 is 9.90 Å². The molecule has 0 spiro atoms. The molecule has 0 saturated carbocycles. The molecule has 0 aromatic heterocycles. The first-order chi connectivity index (χ1) is 7.45. The van der Waals surface area contributed by atoms with E-state index in [1.165, 1.54) is 0 Å². The Morgan fingerprint density at radius 3 is 2.62 bits per heavy atom. The van der Waals surface area contributed by atoms with Crippen LogP contribution < -0.4 is 11.1 Å². The number of rotatable bonds is 3. The van der Waals surface area contributed by atoms with E-state index in [9.17, 15) is 4.79 Å². The van der Waals surface area contributed by atoms with Crippen molar-refractivity contribution in [2.75, 3.05) is 12.3 Å². The van der Waals surface area contributed by atoms with Gasteiger partial charge in [0, 0.05) is 17.3 Å². The second-order valence-electron chi connectivity index (χ2n) is 4.08. The Kier molecular flexibility index (Phi) is 3.90. The van der Waals surface area contributed by atoms with Gasteiger partial charge in [-0.25, -0.2) is 0 Å². The fraction of sp³-hybridized carbons (Fsp3) is 0.417. The van der Waals surface area contributed by atoms with Crippen LogP contribution in [0, 0.1) is 13.8 Å². The van der Waals surface area contributed by atoms with Gasteiger partial charge in [0.05, 0.1) is 6.61 Å². The summed E-state index contributed by atoms with van der Waals surface area (Å²) in [6, 6.07) is 3.30. The monoisotopic (exact) mass is 222 g/mol. The Labute approximate surface area is 95.5 Å². The molecule has 16 heavy (non-hydrogen) atoms. The van der Waals surface area contributed by atoms with Crippen molar-refractivity contribution in [2.45, 2.75) is 26.8 Å². The van der Waals surface area contributed by atoms with E-state index in [1.807, 2.05) is 19.9 Å². The molecule has 1 amide bonds. The van der Waals surface area contributed by atoms with E-state index in [0.29, 0.717) is 11.3 Å². The highest BCUT2D eigenvalue weighted by Gasteiger charge is 2.12. The quantitative estimate of drug-likeness (QED) is 0.668. The summed E-state index contributed by atoms with van der Waals surface area (Å²) in [5.74, 6) is -0.203. The molecule has 88 valence electrons. The maximum Gasteiger partial charge on any atom is 0.251 e. The molecule has 1 rings (SSSR count). The van der Waals surface area contributed by atoms with Crippen LogP contribution in [0.2, 0.25) is 0 Å². The van der Waals surface area contributed by atoms with Crippen LogP contribution in [0.1, 0.15) is 28.4 Å². The van der Waals surface area contributed by atoms with Crippen molar-refractivity contribution in [3.05, 3.63) is 28.8 Å².